The Bertz CT molecular complexity index is 3910. The van der Waals surface area contributed by atoms with Crippen molar-refractivity contribution >= 4 is 242 Å². The fourth-order valence-corrected chi connectivity index (χ4v) is 9.45. The van der Waals surface area contributed by atoms with E-state index in [2.05, 4.69) is 30.7 Å². The van der Waals surface area contributed by atoms with Crippen molar-refractivity contribution in [1.82, 2.24) is 0 Å². The van der Waals surface area contributed by atoms with E-state index in [4.69, 9.17) is 5.73 Å². The number of hydrogen-bond acceptors (Lipinski definition) is 16. The van der Waals surface area contributed by atoms with Gasteiger partial charge in [0.1, 0.15) is 20.4 Å². The summed E-state index contributed by atoms with van der Waals surface area (Å²) in [5.41, 5.74) is 5.84. The number of phenols is 1. The standard InChI is InChI=1S/C40H27N7O13S4.4Na.4H/c41-22-8-10-25-21(16-22)17-38(64(58,59)60)39(40(25)48)47-46-35-15-14-34(28-11-9-24(20-30(28)35)61(49,50)51)45-44-33-13-12-32(26-4-1-2-5-27(26)33)43-42-23-18-31-29(37(19-23)63(55,56)57)6-3-7-36(31)62(52,53)54;;;;;;;;/h1-20,48H,41H2,(H,49,50,51)(H,52,53,54)(H,55,56,57)(H,58,59,60);;;;;;;;/b43-42+,45-44+,47-46+;;;;;;;;. The molecule has 7 N–H and O–H groups in total. The van der Waals surface area contributed by atoms with Gasteiger partial charge in [-0.05, 0) is 84.2 Å². The number of rotatable bonds is 10. The Kier molecular flexibility index (Phi) is 18.6. The normalized spacial score (nSPS) is 12.4. The van der Waals surface area contributed by atoms with Crippen LogP contribution in [0.3, 0.4) is 0 Å². The molecule has 8 aromatic carbocycles. The molecule has 0 amide bonds. The molecule has 8 rings (SSSR count). The van der Waals surface area contributed by atoms with Crippen molar-refractivity contribution in [3.05, 3.63) is 121 Å². The summed E-state index contributed by atoms with van der Waals surface area (Å²) in [7, 11) is -19.5. The van der Waals surface area contributed by atoms with E-state index in [1.807, 2.05) is 0 Å². The van der Waals surface area contributed by atoms with Crippen LogP contribution in [0.2, 0.25) is 0 Å². The average molecular weight is 1040 g/mol. The van der Waals surface area contributed by atoms with Crippen LogP contribution in [-0.2, 0) is 40.5 Å². The predicted octanol–water partition coefficient (Wildman–Crippen LogP) is 7.23. The number of nitrogen functional groups attached to an aromatic ring is 1. The fourth-order valence-electron chi connectivity index (χ4n) is 6.86. The molecule has 28 heteroatoms. The molecule has 332 valence electrons. The van der Waals surface area contributed by atoms with Crippen molar-refractivity contribution in [2.75, 3.05) is 5.73 Å². The van der Waals surface area contributed by atoms with E-state index in [0.717, 1.165) is 30.3 Å². The fraction of sp³-hybridized carbons (Fsp3) is 0. The number of nitrogens with zero attached hydrogens (tertiary/aromatic N) is 6. The van der Waals surface area contributed by atoms with E-state index in [9.17, 15) is 57.0 Å². The first kappa shape index (κ1) is 57.4. The number of aromatic hydroxyl groups is 1. The summed E-state index contributed by atoms with van der Waals surface area (Å²) in [4.78, 5) is -2.64. The number of nitrogens with two attached hydrogens (primary N) is 1. The minimum atomic E-state index is -4.99. The van der Waals surface area contributed by atoms with Gasteiger partial charge in [0.15, 0.2) is 5.75 Å². The molecule has 0 aliphatic heterocycles. The van der Waals surface area contributed by atoms with E-state index in [1.165, 1.54) is 66.7 Å². The zero-order valence-electron chi connectivity index (χ0n) is 31.9. The first-order chi connectivity index (χ1) is 30.1. The Hall–Kier alpha value is -3.16. The zero-order chi connectivity index (χ0) is 45.9. The average Bonchev–Trinajstić information content (AvgIpc) is 3.22. The van der Waals surface area contributed by atoms with Crippen LogP contribution < -0.4 is 5.73 Å². The number of hydrogen-bond donors (Lipinski definition) is 6. The van der Waals surface area contributed by atoms with Gasteiger partial charge >= 0.3 is 118 Å². The molecule has 0 heterocycles. The van der Waals surface area contributed by atoms with Crippen molar-refractivity contribution in [2.24, 2.45) is 30.7 Å². The van der Waals surface area contributed by atoms with Crippen LogP contribution in [-0.4, -0.2) is 175 Å². The van der Waals surface area contributed by atoms with Crippen LogP contribution in [0.1, 0.15) is 0 Å². The summed E-state index contributed by atoms with van der Waals surface area (Å²) in [6.07, 6.45) is 0. The third-order valence-electron chi connectivity index (χ3n) is 9.73. The van der Waals surface area contributed by atoms with E-state index in [0.29, 0.717) is 16.5 Å². The molecule has 0 spiro atoms. The van der Waals surface area contributed by atoms with Crippen LogP contribution >= 0.6 is 0 Å². The second-order valence-electron chi connectivity index (χ2n) is 13.8. The first-order valence-electron chi connectivity index (χ1n) is 17.9. The van der Waals surface area contributed by atoms with E-state index < -0.39 is 71.5 Å². The summed E-state index contributed by atoms with van der Waals surface area (Å²) in [6.45, 7) is 0. The maximum atomic E-state index is 12.4. The summed E-state index contributed by atoms with van der Waals surface area (Å²) >= 11 is 0. The van der Waals surface area contributed by atoms with E-state index in [1.54, 1.807) is 24.3 Å². The third-order valence-corrected chi connectivity index (χ3v) is 13.2. The molecule has 0 aliphatic carbocycles. The quantitative estimate of drug-likeness (QED) is 0.0341. The minimum absolute atomic E-state index is 0. The van der Waals surface area contributed by atoms with Crippen molar-refractivity contribution in [3.8, 4) is 5.75 Å². The molecule has 0 fully saturated rings. The molecule has 0 aromatic heterocycles. The molecule has 0 atom stereocenters. The van der Waals surface area contributed by atoms with Gasteiger partial charge in [-0.1, -0.05) is 42.5 Å². The molecule has 0 bridgehead atoms. The van der Waals surface area contributed by atoms with Crippen LogP contribution in [0, 0.1) is 0 Å². The Balaban J connectivity index is 0.00000252. The van der Waals surface area contributed by atoms with E-state index in [-0.39, 0.29) is 179 Å². The summed E-state index contributed by atoms with van der Waals surface area (Å²) in [5, 5.41) is 37.4. The van der Waals surface area contributed by atoms with Gasteiger partial charge in [-0.25, -0.2) is 0 Å². The number of fused-ring (bicyclic) bond motifs is 4. The van der Waals surface area contributed by atoms with Crippen LogP contribution in [0.5, 0.6) is 5.75 Å². The van der Waals surface area contributed by atoms with Crippen molar-refractivity contribution in [1.29, 1.82) is 0 Å². The van der Waals surface area contributed by atoms with Crippen molar-refractivity contribution in [3.63, 3.8) is 0 Å². The van der Waals surface area contributed by atoms with Crippen LogP contribution in [0.25, 0.3) is 43.1 Å². The van der Waals surface area contributed by atoms with Gasteiger partial charge in [0, 0.05) is 43.4 Å². The maximum absolute atomic E-state index is 12.4. The molecule has 0 saturated heterocycles. The summed E-state index contributed by atoms with van der Waals surface area (Å²) < 4.78 is 138. The molecule has 0 saturated carbocycles. The van der Waals surface area contributed by atoms with Crippen LogP contribution in [0.4, 0.5) is 39.8 Å². The second-order valence-corrected chi connectivity index (χ2v) is 19.4. The van der Waals surface area contributed by atoms with Gasteiger partial charge in [-0.3, -0.25) is 18.2 Å². The van der Waals surface area contributed by atoms with E-state index >= 15 is 0 Å². The molecular formula is C40H31N7Na4O13S4. The Labute approximate surface area is 475 Å². The molecule has 68 heavy (non-hydrogen) atoms. The molecular weight excluding hydrogens is 1010 g/mol. The Morgan fingerprint density at radius 1 is 0.382 bits per heavy atom. The monoisotopic (exact) mass is 1040 g/mol. The molecule has 0 unspecified atom stereocenters. The number of azo groups is 3. The van der Waals surface area contributed by atoms with Gasteiger partial charge in [-0.15, -0.1) is 25.6 Å². The first-order valence-corrected chi connectivity index (χ1v) is 23.7. The molecule has 20 nitrogen and oxygen atoms in total. The van der Waals surface area contributed by atoms with Gasteiger partial charge in [-0.2, -0.15) is 38.8 Å². The molecule has 0 radical (unpaired) electrons. The van der Waals surface area contributed by atoms with Crippen molar-refractivity contribution < 1.29 is 57.0 Å². The van der Waals surface area contributed by atoms with Crippen molar-refractivity contribution in [2.45, 2.75) is 19.6 Å². The number of phenolic OH excluding ortho intramolecular Hbond substituents is 1. The molecule has 0 aliphatic rings. The van der Waals surface area contributed by atoms with Crippen LogP contribution in [0.15, 0.2) is 172 Å². The van der Waals surface area contributed by atoms with Gasteiger partial charge in [0.2, 0.25) is 0 Å². The zero-order valence-corrected chi connectivity index (χ0v) is 35.2. The topological polar surface area (TPSA) is 338 Å². The Morgan fingerprint density at radius 2 is 0.868 bits per heavy atom. The number of anilines is 1. The van der Waals surface area contributed by atoms with Gasteiger partial charge in [0.05, 0.1) is 33.3 Å². The number of benzene rings is 8. The van der Waals surface area contributed by atoms with Gasteiger partial charge in [0.25, 0.3) is 40.5 Å². The SMILES string of the molecule is Nc1ccc2c(O)c(/N=N/c3ccc(/N=N/c4ccc(/N=N/c5cc(S(=O)(=O)O)c6cccc(S(=O)(=O)O)c6c5)c5ccccc45)c4ccc(S(=O)(=O)O)cc34)c(S(=O)(=O)O)cc2c1.[NaH].[NaH].[NaH].[NaH]. The van der Waals surface area contributed by atoms with Gasteiger partial charge < -0.3 is 10.8 Å². The summed E-state index contributed by atoms with van der Waals surface area (Å²) in [5.74, 6) is -0.656. The third kappa shape index (κ3) is 12.1. The Morgan fingerprint density at radius 3 is 1.41 bits per heavy atom. The second kappa shape index (κ2) is 22.1. The summed E-state index contributed by atoms with van der Waals surface area (Å²) in [6, 6.07) is 26.9. The molecule has 8 aromatic rings. The predicted molar refractivity (Wildman–Crippen MR) is 262 cm³/mol.